The molecule has 0 heterocycles. The lowest BCUT2D eigenvalue weighted by Gasteiger charge is -2.20. The second-order valence-electron chi connectivity index (χ2n) is 8.78. The van der Waals surface area contributed by atoms with Crippen molar-refractivity contribution in [3.63, 3.8) is 0 Å². The first-order valence-corrected chi connectivity index (χ1v) is 9.44. The Morgan fingerprint density at radius 2 is 1.28 bits per heavy atom. The Morgan fingerprint density at radius 1 is 0.793 bits per heavy atom. The van der Waals surface area contributed by atoms with Crippen molar-refractivity contribution < 1.29 is 19.5 Å². The van der Waals surface area contributed by atoms with Crippen LogP contribution >= 0.6 is 0 Å². The predicted molar refractivity (Wildman–Crippen MR) is 113 cm³/mol. The summed E-state index contributed by atoms with van der Waals surface area (Å²) in [5.41, 5.74) is 1.11. The van der Waals surface area contributed by atoms with Crippen LogP contribution in [0.4, 0.5) is 5.69 Å². The molecular formula is C23H28N2O4. The minimum absolute atomic E-state index is 0.00921. The molecule has 154 valence electrons. The Hall–Kier alpha value is -3.15. The van der Waals surface area contributed by atoms with Crippen LogP contribution in [0.1, 0.15) is 60.9 Å². The van der Waals surface area contributed by atoms with Gasteiger partial charge in [0.25, 0.3) is 11.8 Å². The fraction of sp³-hybridized carbons (Fsp3) is 0.348. The van der Waals surface area contributed by atoms with E-state index < -0.39 is 11.4 Å². The second kappa shape index (κ2) is 8.47. The molecule has 3 N–H and O–H groups in total. The van der Waals surface area contributed by atoms with Crippen molar-refractivity contribution in [1.29, 1.82) is 0 Å². The van der Waals surface area contributed by atoms with Crippen molar-refractivity contribution in [3.8, 4) is 0 Å². The third-order valence-corrected chi connectivity index (χ3v) is 4.59. The molecule has 0 unspecified atom stereocenters. The Balaban J connectivity index is 2.02. The van der Waals surface area contributed by atoms with E-state index in [0.717, 1.165) is 0 Å². The highest BCUT2D eigenvalue weighted by molar-refractivity contribution is 6.05. The molecule has 0 saturated heterocycles. The van der Waals surface area contributed by atoms with Gasteiger partial charge >= 0.3 is 5.97 Å². The van der Waals surface area contributed by atoms with Crippen molar-refractivity contribution in [3.05, 3.63) is 65.2 Å². The van der Waals surface area contributed by atoms with Crippen molar-refractivity contribution in [2.45, 2.75) is 40.0 Å². The van der Waals surface area contributed by atoms with Crippen molar-refractivity contribution >= 4 is 23.5 Å². The highest BCUT2D eigenvalue weighted by Gasteiger charge is 2.29. The molecule has 2 amide bonds. The number of anilines is 1. The lowest BCUT2D eigenvalue weighted by Crippen LogP contribution is -2.32. The van der Waals surface area contributed by atoms with E-state index in [4.69, 9.17) is 0 Å². The number of carboxylic acids is 1. The van der Waals surface area contributed by atoms with Crippen LogP contribution in [0.25, 0.3) is 0 Å². The van der Waals surface area contributed by atoms with Crippen LogP contribution in [0, 0.1) is 5.41 Å². The molecule has 0 bridgehead atoms. The summed E-state index contributed by atoms with van der Waals surface area (Å²) in [5.74, 6) is -1.40. The number of hydrogen-bond donors (Lipinski definition) is 3. The zero-order chi connectivity index (χ0) is 21.8. The Morgan fingerprint density at radius 3 is 1.72 bits per heavy atom. The van der Waals surface area contributed by atoms with Gasteiger partial charge in [0.2, 0.25) is 0 Å². The van der Waals surface area contributed by atoms with Gasteiger partial charge < -0.3 is 15.7 Å². The third-order valence-electron chi connectivity index (χ3n) is 4.59. The number of carbonyl (C=O) groups is 3. The summed E-state index contributed by atoms with van der Waals surface area (Å²) in [5, 5.41) is 14.9. The van der Waals surface area contributed by atoms with Gasteiger partial charge in [0.1, 0.15) is 0 Å². The third kappa shape index (κ3) is 5.91. The number of hydrogen-bond acceptors (Lipinski definition) is 3. The molecule has 0 radical (unpaired) electrons. The summed E-state index contributed by atoms with van der Waals surface area (Å²) in [4.78, 5) is 35.9. The van der Waals surface area contributed by atoms with Gasteiger partial charge in [0.05, 0.1) is 5.41 Å². The zero-order valence-electron chi connectivity index (χ0n) is 17.5. The first-order chi connectivity index (χ1) is 13.4. The van der Waals surface area contributed by atoms with Crippen molar-refractivity contribution in [1.82, 2.24) is 5.32 Å². The van der Waals surface area contributed by atoms with Gasteiger partial charge in [-0.15, -0.1) is 0 Å². The smallest absolute Gasteiger partial charge is 0.313 e. The van der Waals surface area contributed by atoms with E-state index in [9.17, 15) is 19.5 Å². The summed E-state index contributed by atoms with van der Waals surface area (Å²) in [6.45, 7) is 9.93. The van der Waals surface area contributed by atoms with Gasteiger partial charge in [-0.05, 0) is 61.2 Å². The summed E-state index contributed by atoms with van der Waals surface area (Å²) in [6.07, 6.45) is 0. The van der Waals surface area contributed by atoms with E-state index in [1.165, 1.54) is 0 Å². The summed E-state index contributed by atoms with van der Waals surface area (Å²) < 4.78 is 0. The van der Waals surface area contributed by atoms with E-state index in [-0.39, 0.29) is 17.2 Å². The van der Waals surface area contributed by atoms with Crippen LogP contribution in [0.15, 0.2) is 48.5 Å². The summed E-state index contributed by atoms with van der Waals surface area (Å²) >= 11 is 0. The number of benzene rings is 2. The minimum atomic E-state index is -1.01. The van der Waals surface area contributed by atoms with E-state index in [1.807, 2.05) is 20.8 Å². The van der Waals surface area contributed by atoms with E-state index >= 15 is 0 Å². The van der Waals surface area contributed by atoms with E-state index in [0.29, 0.717) is 28.9 Å². The highest BCUT2D eigenvalue weighted by Crippen LogP contribution is 2.25. The molecule has 0 saturated carbocycles. The van der Waals surface area contributed by atoms with Crippen LogP contribution < -0.4 is 10.6 Å². The molecular weight excluding hydrogens is 368 g/mol. The summed E-state index contributed by atoms with van der Waals surface area (Å²) in [6, 6.07) is 13.2. The van der Waals surface area contributed by atoms with Gasteiger partial charge in [-0.3, -0.25) is 14.4 Å². The van der Waals surface area contributed by atoms with Gasteiger partial charge in [-0.1, -0.05) is 32.9 Å². The molecule has 6 nitrogen and oxygen atoms in total. The first kappa shape index (κ1) is 22.1. The zero-order valence-corrected chi connectivity index (χ0v) is 17.5. The largest absolute Gasteiger partial charge is 0.481 e. The molecule has 0 aliphatic carbocycles. The quantitative estimate of drug-likeness (QED) is 0.686. The molecule has 0 aliphatic heterocycles. The van der Waals surface area contributed by atoms with Crippen LogP contribution in [0.2, 0.25) is 0 Å². The Labute approximate surface area is 171 Å². The van der Waals surface area contributed by atoms with Crippen LogP contribution in [0.3, 0.4) is 0 Å². The topological polar surface area (TPSA) is 95.5 Å². The number of nitrogens with one attached hydrogen (secondary N) is 2. The number of carboxylic acid groups (broad SMARTS) is 1. The Kier molecular flexibility index (Phi) is 6.47. The minimum Gasteiger partial charge on any atom is -0.481 e. The molecule has 2 rings (SSSR count). The lowest BCUT2D eigenvalue weighted by atomic mass is 9.85. The SMILES string of the molecule is CC(C)(C)CNC(=O)c1ccc(C(=O)Nc2ccc(C(C)(C)C(=O)O)cc2)cc1. The molecule has 0 aliphatic rings. The van der Waals surface area contributed by atoms with Gasteiger partial charge in [0.15, 0.2) is 0 Å². The average molecular weight is 396 g/mol. The number of amides is 2. The summed E-state index contributed by atoms with van der Waals surface area (Å²) in [7, 11) is 0. The van der Waals surface area contributed by atoms with E-state index in [1.54, 1.807) is 62.4 Å². The van der Waals surface area contributed by atoms with Crippen LogP contribution in [-0.4, -0.2) is 29.4 Å². The monoisotopic (exact) mass is 396 g/mol. The number of rotatable bonds is 6. The van der Waals surface area contributed by atoms with Crippen molar-refractivity contribution in [2.24, 2.45) is 5.41 Å². The number of aliphatic carboxylic acids is 1. The maximum Gasteiger partial charge on any atom is 0.313 e. The average Bonchev–Trinajstić information content (AvgIpc) is 2.66. The number of carbonyl (C=O) groups excluding carboxylic acids is 2. The molecule has 0 fully saturated rings. The molecule has 0 atom stereocenters. The van der Waals surface area contributed by atoms with Gasteiger partial charge in [0, 0.05) is 23.4 Å². The lowest BCUT2D eigenvalue weighted by molar-refractivity contribution is -0.142. The van der Waals surface area contributed by atoms with Crippen molar-refractivity contribution in [2.75, 3.05) is 11.9 Å². The first-order valence-electron chi connectivity index (χ1n) is 9.44. The molecule has 2 aromatic rings. The molecule has 0 spiro atoms. The maximum absolute atomic E-state index is 12.4. The normalized spacial score (nSPS) is 11.6. The molecule has 0 aromatic heterocycles. The van der Waals surface area contributed by atoms with Gasteiger partial charge in [-0.2, -0.15) is 0 Å². The predicted octanol–water partition coefficient (Wildman–Crippen LogP) is 4.08. The standard InChI is InChI=1S/C23H28N2O4/c1-22(2,3)14-24-19(26)15-6-8-16(9-7-15)20(27)25-18-12-10-17(11-13-18)23(4,5)21(28)29/h6-13H,14H2,1-5H3,(H,24,26)(H,25,27)(H,28,29). The Bertz CT molecular complexity index is 892. The maximum atomic E-state index is 12.4. The molecule has 2 aromatic carbocycles. The van der Waals surface area contributed by atoms with Gasteiger partial charge in [-0.25, -0.2) is 0 Å². The molecule has 6 heteroatoms. The van der Waals surface area contributed by atoms with E-state index in [2.05, 4.69) is 10.6 Å². The fourth-order valence-corrected chi connectivity index (χ4v) is 2.52. The highest BCUT2D eigenvalue weighted by atomic mass is 16.4. The molecule has 29 heavy (non-hydrogen) atoms. The fourth-order valence-electron chi connectivity index (χ4n) is 2.52. The van der Waals surface area contributed by atoms with Crippen LogP contribution in [-0.2, 0) is 10.2 Å². The van der Waals surface area contributed by atoms with Crippen LogP contribution in [0.5, 0.6) is 0 Å². The second-order valence-corrected chi connectivity index (χ2v) is 8.78.